The molecule has 2 amide bonds. The Hall–Kier alpha value is -2.83. The van der Waals surface area contributed by atoms with Gasteiger partial charge in [0, 0.05) is 18.7 Å². The van der Waals surface area contributed by atoms with Crippen LogP contribution >= 0.6 is 0 Å². The third-order valence-electron chi connectivity index (χ3n) is 2.62. The van der Waals surface area contributed by atoms with Crippen molar-refractivity contribution < 1.29 is 18.8 Å². The first-order chi connectivity index (χ1) is 9.99. The molecule has 2 rings (SSSR count). The first kappa shape index (κ1) is 14.6. The Balaban J connectivity index is 2.20. The van der Waals surface area contributed by atoms with E-state index in [1.54, 1.807) is 25.1 Å². The number of amides is 2. The summed E-state index contributed by atoms with van der Waals surface area (Å²) in [5, 5.41) is 8.94. The molecule has 0 unspecified atom stereocenters. The van der Waals surface area contributed by atoms with Crippen LogP contribution in [-0.2, 0) is 4.79 Å². The van der Waals surface area contributed by atoms with Crippen LogP contribution in [0.5, 0.6) is 5.75 Å². The molecule has 1 aromatic carbocycles. The van der Waals surface area contributed by atoms with Crippen molar-refractivity contribution in [2.75, 3.05) is 17.7 Å². The van der Waals surface area contributed by atoms with Gasteiger partial charge in [-0.2, -0.15) is 0 Å². The molecule has 2 N–H and O–H groups in total. The average Bonchev–Trinajstić information content (AvgIpc) is 2.85. The quantitative estimate of drug-likeness (QED) is 0.900. The first-order valence-corrected chi connectivity index (χ1v) is 6.20. The van der Waals surface area contributed by atoms with E-state index < -0.39 is 5.91 Å². The summed E-state index contributed by atoms with van der Waals surface area (Å²) in [5.74, 6) is -0.0414. The van der Waals surface area contributed by atoms with Gasteiger partial charge in [0.15, 0.2) is 0 Å². The van der Waals surface area contributed by atoms with E-state index in [1.165, 1.54) is 20.1 Å². The van der Waals surface area contributed by atoms with Crippen molar-refractivity contribution in [3.05, 3.63) is 35.7 Å². The number of aryl methyl sites for hydroxylation is 1. The third-order valence-corrected chi connectivity index (χ3v) is 2.62. The predicted octanol–water partition coefficient (Wildman–Crippen LogP) is 2.20. The van der Waals surface area contributed by atoms with Crippen molar-refractivity contribution >= 4 is 23.2 Å². The number of hydrogen-bond acceptors (Lipinski definition) is 5. The van der Waals surface area contributed by atoms with Crippen LogP contribution in [-0.4, -0.2) is 24.1 Å². The Bertz CT molecular complexity index is 679. The van der Waals surface area contributed by atoms with Crippen LogP contribution in [0.1, 0.15) is 23.2 Å². The lowest BCUT2D eigenvalue weighted by atomic mass is 10.2. The van der Waals surface area contributed by atoms with E-state index in [4.69, 9.17) is 9.26 Å². The molecular formula is C14H15N3O4. The zero-order chi connectivity index (χ0) is 15.4. The standard InChI is InChI=1S/C14H15N3O4/c1-8-6-13(21-17-8)14(19)16-10-4-5-12(20-3)11(7-10)15-9(2)18/h4-7H,1-3H3,(H,15,18)(H,16,19). The lowest BCUT2D eigenvalue weighted by molar-refractivity contribution is -0.114. The number of hydrogen-bond donors (Lipinski definition) is 2. The molecule has 7 heteroatoms. The fourth-order valence-corrected chi connectivity index (χ4v) is 1.74. The Morgan fingerprint density at radius 3 is 2.57 bits per heavy atom. The van der Waals surface area contributed by atoms with Gasteiger partial charge in [-0.05, 0) is 25.1 Å². The minimum atomic E-state index is -0.422. The monoisotopic (exact) mass is 289 g/mol. The van der Waals surface area contributed by atoms with Gasteiger partial charge in [0.2, 0.25) is 11.7 Å². The zero-order valence-electron chi connectivity index (χ0n) is 11.9. The number of carbonyl (C=O) groups is 2. The molecule has 2 aromatic rings. The summed E-state index contributed by atoms with van der Waals surface area (Å²) in [6.07, 6.45) is 0. The van der Waals surface area contributed by atoms with Gasteiger partial charge < -0.3 is 19.9 Å². The molecule has 0 aliphatic carbocycles. The minimum absolute atomic E-state index is 0.115. The minimum Gasteiger partial charge on any atom is -0.495 e. The molecule has 0 saturated heterocycles. The molecule has 0 radical (unpaired) electrons. The SMILES string of the molecule is COc1ccc(NC(=O)c2cc(C)no2)cc1NC(C)=O. The molecule has 0 bridgehead atoms. The van der Waals surface area contributed by atoms with Gasteiger partial charge in [-0.3, -0.25) is 9.59 Å². The van der Waals surface area contributed by atoms with E-state index in [0.29, 0.717) is 22.8 Å². The van der Waals surface area contributed by atoms with Crippen molar-refractivity contribution in [2.24, 2.45) is 0 Å². The second-order valence-corrected chi connectivity index (χ2v) is 4.38. The molecule has 0 spiro atoms. The number of aromatic nitrogens is 1. The highest BCUT2D eigenvalue weighted by Crippen LogP contribution is 2.28. The number of anilines is 2. The second-order valence-electron chi connectivity index (χ2n) is 4.38. The summed E-state index contributed by atoms with van der Waals surface area (Å²) in [6, 6.07) is 6.44. The van der Waals surface area contributed by atoms with E-state index in [0.717, 1.165) is 0 Å². The Morgan fingerprint density at radius 1 is 1.24 bits per heavy atom. The van der Waals surface area contributed by atoms with E-state index in [2.05, 4.69) is 15.8 Å². The largest absolute Gasteiger partial charge is 0.495 e. The molecule has 0 aliphatic rings. The van der Waals surface area contributed by atoms with Gasteiger partial charge in [-0.15, -0.1) is 0 Å². The van der Waals surface area contributed by atoms with E-state index in [9.17, 15) is 9.59 Å². The number of ether oxygens (including phenoxy) is 1. The van der Waals surface area contributed by atoms with Crippen LogP contribution in [0.25, 0.3) is 0 Å². The maximum atomic E-state index is 12.0. The van der Waals surface area contributed by atoms with Crippen molar-refractivity contribution in [3.8, 4) is 5.75 Å². The highest BCUT2D eigenvalue weighted by molar-refractivity contribution is 6.03. The molecule has 0 atom stereocenters. The molecule has 0 saturated carbocycles. The van der Waals surface area contributed by atoms with Crippen molar-refractivity contribution in [1.29, 1.82) is 0 Å². The van der Waals surface area contributed by atoms with Crippen LogP contribution in [0.4, 0.5) is 11.4 Å². The van der Waals surface area contributed by atoms with Crippen molar-refractivity contribution in [3.63, 3.8) is 0 Å². The fourth-order valence-electron chi connectivity index (χ4n) is 1.74. The number of nitrogens with one attached hydrogen (secondary N) is 2. The number of nitrogens with zero attached hydrogens (tertiary/aromatic N) is 1. The lowest BCUT2D eigenvalue weighted by Crippen LogP contribution is -2.12. The molecule has 21 heavy (non-hydrogen) atoms. The van der Waals surface area contributed by atoms with Crippen molar-refractivity contribution in [2.45, 2.75) is 13.8 Å². The second kappa shape index (κ2) is 6.08. The maximum Gasteiger partial charge on any atom is 0.294 e. The summed E-state index contributed by atoms with van der Waals surface area (Å²) in [4.78, 5) is 23.1. The van der Waals surface area contributed by atoms with E-state index >= 15 is 0 Å². The number of carbonyl (C=O) groups excluding carboxylic acids is 2. The maximum absolute atomic E-state index is 12.0. The topological polar surface area (TPSA) is 93.5 Å². The number of methoxy groups -OCH3 is 1. The summed E-state index contributed by atoms with van der Waals surface area (Å²) >= 11 is 0. The van der Waals surface area contributed by atoms with Crippen LogP contribution in [0.3, 0.4) is 0 Å². The van der Waals surface area contributed by atoms with E-state index in [-0.39, 0.29) is 11.7 Å². The van der Waals surface area contributed by atoms with E-state index in [1.807, 2.05) is 0 Å². The van der Waals surface area contributed by atoms with Crippen LogP contribution in [0, 0.1) is 6.92 Å². The fraction of sp³-hybridized carbons (Fsp3) is 0.214. The van der Waals surface area contributed by atoms with Gasteiger partial charge >= 0.3 is 0 Å². The highest BCUT2D eigenvalue weighted by atomic mass is 16.5. The first-order valence-electron chi connectivity index (χ1n) is 6.20. The third kappa shape index (κ3) is 3.59. The molecule has 1 heterocycles. The summed E-state index contributed by atoms with van der Waals surface area (Å²) in [5.41, 5.74) is 1.59. The Labute approximate surface area is 121 Å². The van der Waals surface area contributed by atoms with Gasteiger partial charge in [0.05, 0.1) is 18.5 Å². The lowest BCUT2D eigenvalue weighted by Gasteiger charge is -2.11. The predicted molar refractivity (Wildman–Crippen MR) is 76.5 cm³/mol. The normalized spacial score (nSPS) is 10.0. The van der Waals surface area contributed by atoms with Gasteiger partial charge in [-0.25, -0.2) is 0 Å². The van der Waals surface area contributed by atoms with Gasteiger partial charge in [0.1, 0.15) is 5.75 Å². The Kier molecular flexibility index (Phi) is 4.22. The highest BCUT2D eigenvalue weighted by Gasteiger charge is 2.13. The Morgan fingerprint density at radius 2 is 2.00 bits per heavy atom. The summed E-state index contributed by atoms with van der Waals surface area (Å²) in [7, 11) is 1.50. The molecular weight excluding hydrogens is 274 g/mol. The molecule has 1 aromatic heterocycles. The number of benzene rings is 1. The summed E-state index contributed by atoms with van der Waals surface area (Å²) < 4.78 is 10.0. The zero-order valence-corrected chi connectivity index (χ0v) is 11.9. The molecule has 0 fully saturated rings. The smallest absolute Gasteiger partial charge is 0.294 e. The van der Waals surface area contributed by atoms with Gasteiger partial charge in [-0.1, -0.05) is 5.16 Å². The van der Waals surface area contributed by atoms with Crippen LogP contribution in [0.15, 0.2) is 28.8 Å². The molecule has 7 nitrogen and oxygen atoms in total. The van der Waals surface area contributed by atoms with Crippen molar-refractivity contribution in [1.82, 2.24) is 5.16 Å². The van der Waals surface area contributed by atoms with Crippen LogP contribution in [0.2, 0.25) is 0 Å². The molecule has 110 valence electrons. The van der Waals surface area contributed by atoms with Gasteiger partial charge in [0.25, 0.3) is 5.91 Å². The number of rotatable bonds is 4. The average molecular weight is 289 g/mol. The molecule has 0 aliphatic heterocycles. The summed E-state index contributed by atoms with van der Waals surface area (Å²) in [6.45, 7) is 3.12. The van der Waals surface area contributed by atoms with Crippen LogP contribution < -0.4 is 15.4 Å².